The highest BCUT2D eigenvalue weighted by atomic mass is 79.9. The lowest BCUT2D eigenvalue weighted by Crippen LogP contribution is -1.94. The Hall–Kier alpha value is -0.120. The van der Waals surface area contributed by atoms with Gasteiger partial charge in [0.2, 0.25) is 0 Å². The van der Waals surface area contributed by atoms with E-state index in [1.54, 1.807) is 0 Å². The van der Waals surface area contributed by atoms with Crippen LogP contribution in [0.1, 0.15) is 0 Å². The number of nitrogens with two attached hydrogens (primary N) is 2. The van der Waals surface area contributed by atoms with Gasteiger partial charge in [-0.05, 0) is 22.0 Å². The lowest BCUT2D eigenvalue weighted by atomic mass is 10.3. The summed E-state index contributed by atoms with van der Waals surface area (Å²) in [4.78, 5) is 0. The molecule has 0 aliphatic heterocycles. The first-order valence-electron chi connectivity index (χ1n) is 2.72. The number of rotatable bonds is 0. The number of nitrogen functional groups attached to an aromatic ring is 2. The van der Waals surface area contributed by atoms with Crippen molar-refractivity contribution < 1.29 is 0 Å². The van der Waals surface area contributed by atoms with Crippen LogP contribution in [-0.4, -0.2) is 0 Å². The van der Waals surface area contributed by atoms with Crippen molar-refractivity contribution >= 4 is 50.5 Å². The maximum Gasteiger partial charge on any atom is 0.0670 e. The van der Waals surface area contributed by atoms with Gasteiger partial charge in [0, 0.05) is 0 Å². The Bertz CT molecular complexity index is 275. The molecule has 0 fully saturated rings. The van der Waals surface area contributed by atoms with Gasteiger partial charge >= 0.3 is 0 Å². The minimum absolute atomic E-state index is 0.399. The minimum atomic E-state index is 0.399. The molecule has 0 aliphatic rings. The van der Waals surface area contributed by atoms with Crippen molar-refractivity contribution in [1.29, 1.82) is 0 Å². The van der Waals surface area contributed by atoms with E-state index in [1.165, 1.54) is 6.07 Å². The Morgan fingerprint density at radius 3 is 1.82 bits per heavy atom. The van der Waals surface area contributed by atoms with E-state index in [4.69, 9.17) is 34.7 Å². The Morgan fingerprint density at radius 1 is 1.09 bits per heavy atom. The number of benzene rings is 1. The third kappa shape index (κ3) is 1.55. The average Bonchev–Trinajstić information content (AvgIpc) is 1.97. The molecule has 0 aromatic heterocycles. The van der Waals surface area contributed by atoms with Gasteiger partial charge in [-0.1, -0.05) is 23.2 Å². The summed E-state index contributed by atoms with van der Waals surface area (Å²) in [6.07, 6.45) is 0. The van der Waals surface area contributed by atoms with Crippen LogP contribution in [0.4, 0.5) is 11.4 Å². The molecule has 0 atom stereocenters. The molecule has 1 rings (SSSR count). The van der Waals surface area contributed by atoms with E-state index in [9.17, 15) is 0 Å². The van der Waals surface area contributed by atoms with Gasteiger partial charge in [-0.3, -0.25) is 0 Å². The quantitative estimate of drug-likeness (QED) is 0.701. The fourth-order valence-corrected chi connectivity index (χ4v) is 1.74. The molecule has 4 N–H and O–H groups in total. The van der Waals surface area contributed by atoms with Gasteiger partial charge in [0.25, 0.3) is 0 Å². The Morgan fingerprint density at radius 2 is 1.45 bits per heavy atom. The van der Waals surface area contributed by atoms with E-state index in [0.29, 0.717) is 25.9 Å². The van der Waals surface area contributed by atoms with Gasteiger partial charge < -0.3 is 11.5 Å². The molecule has 0 amide bonds. The maximum atomic E-state index is 5.70. The monoisotopic (exact) mass is 254 g/mol. The number of hydrogen-bond acceptors (Lipinski definition) is 2. The highest BCUT2D eigenvalue weighted by Gasteiger charge is 2.08. The molecule has 0 heterocycles. The largest absolute Gasteiger partial charge is 0.397 e. The van der Waals surface area contributed by atoms with Gasteiger partial charge in [-0.15, -0.1) is 0 Å². The molecule has 60 valence electrons. The van der Waals surface area contributed by atoms with Crippen molar-refractivity contribution in [2.24, 2.45) is 0 Å². The van der Waals surface area contributed by atoms with Gasteiger partial charge in [0.1, 0.15) is 0 Å². The Kier molecular flexibility index (Phi) is 2.52. The normalized spacial score (nSPS) is 10.1. The second-order valence-corrected chi connectivity index (χ2v) is 3.59. The fraction of sp³-hybridized carbons (Fsp3) is 0. The van der Waals surface area contributed by atoms with Crippen molar-refractivity contribution in [2.75, 3.05) is 11.5 Å². The van der Waals surface area contributed by atoms with Crippen LogP contribution in [0.5, 0.6) is 0 Å². The van der Waals surface area contributed by atoms with E-state index in [2.05, 4.69) is 15.9 Å². The van der Waals surface area contributed by atoms with Crippen LogP contribution in [0.3, 0.4) is 0 Å². The van der Waals surface area contributed by atoms with Crippen LogP contribution in [-0.2, 0) is 0 Å². The summed E-state index contributed by atoms with van der Waals surface area (Å²) in [7, 11) is 0. The van der Waals surface area contributed by atoms with E-state index in [0.717, 1.165) is 0 Å². The van der Waals surface area contributed by atoms with Crippen molar-refractivity contribution in [3.05, 3.63) is 20.6 Å². The first kappa shape index (κ1) is 8.97. The summed E-state index contributed by atoms with van der Waals surface area (Å²) in [5, 5.41) is 0.798. The zero-order valence-corrected chi connectivity index (χ0v) is 8.46. The molecule has 0 spiro atoms. The molecule has 11 heavy (non-hydrogen) atoms. The van der Waals surface area contributed by atoms with Gasteiger partial charge in [-0.2, -0.15) is 0 Å². The molecule has 0 saturated carbocycles. The molecule has 2 nitrogen and oxygen atoms in total. The molecule has 0 radical (unpaired) electrons. The molecule has 0 aliphatic carbocycles. The predicted molar refractivity (Wildman–Crippen MR) is 53.0 cm³/mol. The van der Waals surface area contributed by atoms with E-state index in [1.807, 2.05) is 0 Å². The summed E-state index contributed by atoms with van der Waals surface area (Å²) in [5.41, 5.74) is 11.9. The first-order chi connectivity index (χ1) is 5.04. The summed E-state index contributed by atoms with van der Waals surface area (Å²) in [6.45, 7) is 0. The van der Waals surface area contributed by atoms with E-state index >= 15 is 0 Å². The molecule has 5 heteroatoms. The second kappa shape index (κ2) is 3.09. The van der Waals surface area contributed by atoms with Crippen molar-refractivity contribution in [3.8, 4) is 0 Å². The molecular weight excluding hydrogens is 251 g/mol. The standard InChI is InChI=1S/C6H5BrCl2N2/c7-4-5(10)2(8)1-3(9)6(4)11/h1H,10-11H2. The van der Waals surface area contributed by atoms with Crippen molar-refractivity contribution in [3.63, 3.8) is 0 Å². The van der Waals surface area contributed by atoms with Crippen LogP contribution >= 0.6 is 39.1 Å². The lowest BCUT2D eigenvalue weighted by Gasteiger charge is -2.05. The Balaban J connectivity index is 3.46. The van der Waals surface area contributed by atoms with Crippen LogP contribution in [0.15, 0.2) is 10.5 Å². The number of hydrogen-bond donors (Lipinski definition) is 2. The van der Waals surface area contributed by atoms with Crippen LogP contribution in [0, 0.1) is 0 Å². The molecule has 0 bridgehead atoms. The third-order valence-corrected chi connectivity index (χ3v) is 2.72. The summed E-state index contributed by atoms with van der Waals surface area (Å²) in [6, 6.07) is 1.51. The highest BCUT2D eigenvalue weighted by molar-refractivity contribution is 9.10. The molecule has 0 saturated heterocycles. The molecule has 1 aromatic carbocycles. The minimum Gasteiger partial charge on any atom is -0.397 e. The second-order valence-electron chi connectivity index (χ2n) is 1.98. The highest BCUT2D eigenvalue weighted by Crippen LogP contribution is 2.37. The van der Waals surface area contributed by atoms with Gasteiger partial charge in [0.15, 0.2) is 0 Å². The van der Waals surface area contributed by atoms with Gasteiger partial charge in [-0.25, -0.2) is 0 Å². The lowest BCUT2D eigenvalue weighted by molar-refractivity contribution is 1.61. The molecular formula is C6H5BrCl2N2. The molecule has 1 aromatic rings. The first-order valence-corrected chi connectivity index (χ1v) is 4.27. The number of anilines is 2. The molecule has 0 unspecified atom stereocenters. The van der Waals surface area contributed by atoms with Crippen LogP contribution in [0.25, 0.3) is 0 Å². The number of halogens is 3. The summed E-state index contributed by atoms with van der Waals surface area (Å²) < 4.78 is 0.551. The SMILES string of the molecule is Nc1c(Cl)cc(Cl)c(N)c1Br. The smallest absolute Gasteiger partial charge is 0.0670 e. The third-order valence-electron chi connectivity index (χ3n) is 1.24. The van der Waals surface area contributed by atoms with Crippen LogP contribution in [0.2, 0.25) is 10.0 Å². The summed E-state index contributed by atoms with van der Waals surface area (Å²) in [5.74, 6) is 0. The maximum absolute atomic E-state index is 5.70. The van der Waals surface area contributed by atoms with E-state index < -0.39 is 0 Å². The van der Waals surface area contributed by atoms with Crippen molar-refractivity contribution in [2.45, 2.75) is 0 Å². The summed E-state index contributed by atoms with van der Waals surface area (Å²) >= 11 is 14.6. The topological polar surface area (TPSA) is 52.0 Å². The fourth-order valence-electron chi connectivity index (χ4n) is 0.622. The van der Waals surface area contributed by atoms with E-state index in [-0.39, 0.29) is 0 Å². The van der Waals surface area contributed by atoms with Crippen LogP contribution < -0.4 is 11.5 Å². The zero-order valence-electron chi connectivity index (χ0n) is 5.37. The zero-order chi connectivity index (χ0) is 8.59. The predicted octanol–water partition coefficient (Wildman–Crippen LogP) is 2.92. The van der Waals surface area contributed by atoms with Crippen molar-refractivity contribution in [1.82, 2.24) is 0 Å². The average molecular weight is 256 g/mol. The van der Waals surface area contributed by atoms with Gasteiger partial charge in [0.05, 0.1) is 25.9 Å². The Labute approximate surface area is 82.6 Å².